The summed E-state index contributed by atoms with van der Waals surface area (Å²) in [5.74, 6) is 0.309. The van der Waals surface area contributed by atoms with Crippen LogP contribution in [0.5, 0.6) is 11.5 Å². The first-order valence-corrected chi connectivity index (χ1v) is 16.5. The standard InChI is InChI=1S/C33H32N4O5.C4H8.CH3Cl/c1-33(2,15-17-41-3)42-23-11-8-21(9-12-23)31(39)34-22-10-13-30-35-27(20-36(30)19-22)32(40)37-16-14-25-24-6-4-5-7-26(24)29(38)18-28(25)37;1-3-4-2;1-2/h4-13,18-20,38H,14-17H2,1-3H3,(H,34,39);3-4H,1-2H3;1H3/b;4-3-;. The molecule has 0 unspecified atom stereocenters. The predicted molar refractivity (Wildman–Crippen MR) is 194 cm³/mol. The molecule has 0 saturated carbocycles. The molecule has 3 aromatic carbocycles. The van der Waals surface area contributed by atoms with Crippen LogP contribution < -0.4 is 15.0 Å². The van der Waals surface area contributed by atoms with Gasteiger partial charge in [-0.15, -0.1) is 11.6 Å². The number of nitrogens with zero attached hydrogens (tertiary/aromatic N) is 3. The zero-order chi connectivity index (χ0) is 34.8. The molecule has 0 bridgehead atoms. The van der Waals surface area contributed by atoms with E-state index in [1.807, 2.05) is 64.1 Å². The highest BCUT2D eigenvalue weighted by Gasteiger charge is 2.29. The Labute approximate surface area is 286 Å². The number of rotatable bonds is 8. The molecular formula is C38H43ClN4O5. The van der Waals surface area contributed by atoms with Crippen LogP contribution in [0.2, 0.25) is 0 Å². The summed E-state index contributed by atoms with van der Waals surface area (Å²) in [5.41, 5.74) is 3.26. The molecule has 1 aliphatic rings. The van der Waals surface area contributed by atoms with Gasteiger partial charge in [-0.2, -0.15) is 0 Å². The first-order valence-electron chi connectivity index (χ1n) is 15.7. The van der Waals surface area contributed by atoms with E-state index in [2.05, 4.69) is 21.9 Å². The van der Waals surface area contributed by atoms with E-state index < -0.39 is 5.60 Å². The van der Waals surface area contributed by atoms with E-state index in [-0.39, 0.29) is 23.3 Å². The number of methoxy groups -OCH3 is 1. The first-order chi connectivity index (χ1) is 23.1. The molecule has 2 aromatic heterocycles. The lowest BCUT2D eigenvalue weighted by atomic mass is 10.0. The quantitative estimate of drug-likeness (QED) is 0.127. The lowest BCUT2D eigenvalue weighted by molar-refractivity contribution is 0.0630. The fourth-order valence-corrected chi connectivity index (χ4v) is 5.36. The summed E-state index contributed by atoms with van der Waals surface area (Å²) in [4.78, 5) is 32.7. The number of ether oxygens (including phenoxy) is 2. The van der Waals surface area contributed by atoms with Crippen molar-refractivity contribution >= 4 is 51.2 Å². The first kappa shape index (κ1) is 36.0. The number of fused-ring (bicyclic) bond motifs is 4. The van der Waals surface area contributed by atoms with E-state index in [4.69, 9.17) is 9.47 Å². The molecule has 0 spiro atoms. The zero-order valence-corrected chi connectivity index (χ0v) is 29.0. The van der Waals surface area contributed by atoms with Gasteiger partial charge in [0.2, 0.25) is 0 Å². The van der Waals surface area contributed by atoms with Crippen molar-refractivity contribution in [1.82, 2.24) is 9.38 Å². The van der Waals surface area contributed by atoms with E-state index in [1.165, 1.54) is 6.38 Å². The fraction of sp³-hybridized carbons (Fsp3) is 0.289. The number of allylic oxidation sites excluding steroid dienone is 2. The van der Waals surface area contributed by atoms with E-state index in [1.54, 1.807) is 71.3 Å². The fourth-order valence-electron chi connectivity index (χ4n) is 5.36. The van der Waals surface area contributed by atoms with Gasteiger partial charge >= 0.3 is 0 Å². The van der Waals surface area contributed by atoms with Crippen LogP contribution in [-0.2, 0) is 11.2 Å². The molecule has 6 rings (SSSR count). The van der Waals surface area contributed by atoms with E-state index in [0.717, 1.165) is 22.8 Å². The summed E-state index contributed by atoms with van der Waals surface area (Å²) >= 11 is 4.64. The maximum absolute atomic E-state index is 13.5. The number of nitrogens with one attached hydrogen (secondary N) is 1. The Kier molecular flexibility index (Phi) is 12.2. The second kappa shape index (κ2) is 16.3. The van der Waals surface area contributed by atoms with E-state index in [0.29, 0.717) is 47.9 Å². The van der Waals surface area contributed by atoms with Gasteiger partial charge in [0.05, 0.1) is 11.4 Å². The Morgan fingerprint density at radius 3 is 2.35 bits per heavy atom. The number of pyridine rings is 1. The molecule has 0 fully saturated rings. The summed E-state index contributed by atoms with van der Waals surface area (Å²) in [6.45, 7) is 9.09. The predicted octanol–water partition coefficient (Wildman–Crippen LogP) is 8.28. The zero-order valence-electron chi connectivity index (χ0n) is 28.3. The average Bonchev–Trinajstić information content (AvgIpc) is 3.73. The molecule has 48 heavy (non-hydrogen) atoms. The van der Waals surface area contributed by atoms with Gasteiger partial charge in [-0.25, -0.2) is 4.98 Å². The van der Waals surface area contributed by atoms with Gasteiger partial charge in [-0.05, 0) is 81.5 Å². The number of aromatic hydroxyl groups is 1. The van der Waals surface area contributed by atoms with Crippen LogP contribution in [0.3, 0.4) is 0 Å². The van der Waals surface area contributed by atoms with E-state index >= 15 is 0 Å². The van der Waals surface area contributed by atoms with Crippen LogP contribution in [0.4, 0.5) is 11.4 Å². The molecule has 0 saturated heterocycles. The molecule has 252 valence electrons. The van der Waals surface area contributed by atoms with Gasteiger partial charge in [-0.1, -0.05) is 36.4 Å². The maximum atomic E-state index is 13.5. The third-order valence-corrected chi connectivity index (χ3v) is 7.91. The highest BCUT2D eigenvalue weighted by atomic mass is 35.5. The summed E-state index contributed by atoms with van der Waals surface area (Å²) in [6, 6.07) is 19.8. The second-order valence-corrected chi connectivity index (χ2v) is 11.7. The molecule has 5 aromatic rings. The van der Waals surface area contributed by atoms with Crippen molar-refractivity contribution in [2.45, 2.75) is 46.1 Å². The number of imidazole rings is 1. The number of phenolic OH excluding ortho intramolecular Hbond substituents is 1. The van der Waals surface area contributed by atoms with Crippen molar-refractivity contribution in [1.29, 1.82) is 0 Å². The minimum absolute atomic E-state index is 0.146. The minimum atomic E-state index is -0.394. The Morgan fingerprint density at radius 1 is 1.00 bits per heavy atom. The van der Waals surface area contributed by atoms with Crippen molar-refractivity contribution in [2.24, 2.45) is 0 Å². The van der Waals surface area contributed by atoms with Crippen molar-refractivity contribution < 1.29 is 24.2 Å². The molecule has 2 amide bonds. The molecule has 1 aliphatic heterocycles. The molecule has 0 aliphatic carbocycles. The highest BCUT2D eigenvalue weighted by Crippen LogP contribution is 2.40. The third-order valence-electron chi connectivity index (χ3n) is 7.91. The van der Waals surface area contributed by atoms with Crippen LogP contribution in [-0.4, -0.2) is 58.6 Å². The lowest BCUT2D eigenvalue weighted by Crippen LogP contribution is -2.29. The van der Waals surface area contributed by atoms with Crippen molar-refractivity contribution in [3.05, 3.63) is 108 Å². The Hall–Kier alpha value is -4.86. The molecule has 0 atom stereocenters. The van der Waals surface area contributed by atoms with Gasteiger partial charge in [0.25, 0.3) is 11.8 Å². The molecule has 2 N–H and O–H groups in total. The number of amides is 2. The number of alkyl halides is 1. The third kappa shape index (κ3) is 8.34. The molecule has 10 heteroatoms. The van der Waals surface area contributed by atoms with Crippen LogP contribution in [0.25, 0.3) is 16.4 Å². The van der Waals surface area contributed by atoms with Crippen molar-refractivity contribution in [2.75, 3.05) is 36.9 Å². The Bertz CT molecular complexity index is 1900. The van der Waals surface area contributed by atoms with Gasteiger partial charge < -0.3 is 29.2 Å². The molecule has 9 nitrogen and oxygen atoms in total. The number of anilines is 2. The number of halogens is 1. The number of carbonyl (C=O) groups excluding carboxylic acids is 2. The molecule has 0 radical (unpaired) electrons. The number of aromatic nitrogens is 2. The number of phenols is 1. The second-order valence-electron chi connectivity index (χ2n) is 11.7. The summed E-state index contributed by atoms with van der Waals surface area (Å²) in [6.07, 6.45) is 10.3. The SMILES string of the molecule is C/C=C\C.CCl.COCCC(C)(C)Oc1ccc(C(=O)Nc2ccc3nc(C(=O)N4CCc5c4cc(O)c4ccccc54)cn3c2)cc1. The Morgan fingerprint density at radius 2 is 1.69 bits per heavy atom. The van der Waals surface area contributed by atoms with Gasteiger partial charge in [0.15, 0.2) is 0 Å². The largest absolute Gasteiger partial charge is 0.507 e. The van der Waals surface area contributed by atoms with Crippen molar-refractivity contribution in [3.63, 3.8) is 0 Å². The maximum Gasteiger partial charge on any atom is 0.278 e. The summed E-state index contributed by atoms with van der Waals surface area (Å²) in [7, 11) is 1.66. The summed E-state index contributed by atoms with van der Waals surface area (Å²) < 4.78 is 12.9. The van der Waals surface area contributed by atoms with Gasteiger partial charge in [-0.3, -0.25) is 9.59 Å². The molecular weight excluding hydrogens is 628 g/mol. The minimum Gasteiger partial charge on any atom is -0.507 e. The molecule has 3 heterocycles. The average molecular weight is 671 g/mol. The van der Waals surface area contributed by atoms with Crippen LogP contribution in [0.15, 0.2) is 91.3 Å². The topological polar surface area (TPSA) is 105 Å². The lowest BCUT2D eigenvalue weighted by Gasteiger charge is -2.26. The number of hydrogen-bond donors (Lipinski definition) is 2. The highest BCUT2D eigenvalue weighted by molar-refractivity contribution is 6.15. The number of benzene rings is 3. The van der Waals surface area contributed by atoms with Crippen LogP contribution >= 0.6 is 11.6 Å². The van der Waals surface area contributed by atoms with Crippen LogP contribution in [0, 0.1) is 0 Å². The van der Waals surface area contributed by atoms with Crippen LogP contribution in [0.1, 0.15) is 60.5 Å². The normalized spacial score (nSPS) is 12.3. The summed E-state index contributed by atoms with van der Waals surface area (Å²) in [5, 5.41) is 15.2. The number of hydrogen-bond acceptors (Lipinski definition) is 6. The van der Waals surface area contributed by atoms with Gasteiger partial charge in [0, 0.05) is 62.5 Å². The number of carbonyl (C=O) groups is 2. The smallest absolute Gasteiger partial charge is 0.278 e. The Balaban J connectivity index is 0.000000808. The van der Waals surface area contributed by atoms with Gasteiger partial charge in [0.1, 0.15) is 28.4 Å². The van der Waals surface area contributed by atoms with Crippen molar-refractivity contribution in [3.8, 4) is 11.5 Å². The monoisotopic (exact) mass is 670 g/mol. The van der Waals surface area contributed by atoms with E-state index in [9.17, 15) is 14.7 Å².